The van der Waals surface area contributed by atoms with Crippen LogP contribution in [0.5, 0.6) is 0 Å². The molecule has 0 aromatic carbocycles. The lowest BCUT2D eigenvalue weighted by molar-refractivity contribution is 0.837. The Morgan fingerprint density at radius 2 is 2.11 bits per heavy atom. The maximum absolute atomic E-state index is 5.15. The standard InChI is InChI=1S/C6H13N3/c1-2-4-9-5-3-6(7)8/h2-3,9H,1,4-5,7-8H2. The molecule has 0 saturated carbocycles. The van der Waals surface area contributed by atoms with E-state index in [4.69, 9.17) is 11.5 Å². The van der Waals surface area contributed by atoms with Crippen LogP contribution in [0, 0.1) is 0 Å². The summed E-state index contributed by atoms with van der Waals surface area (Å²) in [6.07, 6.45) is 3.49. The van der Waals surface area contributed by atoms with Crippen molar-refractivity contribution in [3.05, 3.63) is 24.6 Å². The van der Waals surface area contributed by atoms with Gasteiger partial charge in [-0.2, -0.15) is 0 Å². The van der Waals surface area contributed by atoms with Crippen LogP contribution in [0.1, 0.15) is 0 Å². The van der Waals surface area contributed by atoms with Crippen molar-refractivity contribution in [2.75, 3.05) is 13.1 Å². The van der Waals surface area contributed by atoms with Gasteiger partial charge in [0.05, 0.1) is 5.82 Å². The first-order valence-corrected chi connectivity index (χ1v) is 2.80. The van der Waals surface area contributed by atoms with Crippen LogP contribution in [-0.2, 0) is 0 Å². The number of hydrogen-bond acceptors (Lipinski definition) is 3. The van der Waals surface area contributed by atoms with Crippen LogP contribution in [0.2, 0.25) is 0 Å². The summed E-state index contributed by atoms with van der Waals surface area (Å²) in [7, 11) is 0. The van der Waals surface area contributed by atoms with Gasteiger partial charge in [0.2, 0.25) is 0 Å². The van der Waals surface area contributed by atoms with E-state index in [0.717, 1.165) is 6.54 Å². The Balaban J connectivity index is 3.09. The second-order valence-electron chi connectivity index (χ2n) is 1.65. The maximum atomic E-state index is 5.15. The Kier molecular flexibility index (Phi) is 4.63. The zero-order valence-corrected chi connectivity index (χ0v) is 5.43. The lowest BCUT2D eigenvalue weighted by atomic mass is 10.5. The molecule has 0 spiro atoms. The monoisotopic (exact) mass is 127 g/mol. The molecule has 0 radical (unpaired) electrons. The van der Waals surface area contributed by atoms with Crippen molar-refractivity contribution in [2.45, 2.75) is 0 Å². The van der Waals surface area contributed by atoms with Gasteiger partial charge in [-0.15, -0.1) is 6.58 Å². The average molecular weight is 127 g/mol. The molecule has 0 aromatic rings. The fourth-order valence-corrected chi connectivity index (χ4v) is 0.375. The molecule has 0 heterocycles. The predicted octanol–water partition coefficient (Wildman–Crippen LogP) is -0.479. The van der Waals surface area contributed by atoms with Crippen molar-refractivity contribution >= 4 is 0 Å². The minimum absolute atomic E-state index is 0.353. The van der Waals surface area contributed by atoms with Crippen molar-refractivity contribution in [2.24, 2.45) is 11.5 Å². The van der Waals surface area contributed by atoms with E-state index in [1.54, 1.807) is 12.2 Å². The molecule has 0 bridgehead atoms. The Bertz CT molecular complexity index is 103. The quantitative estimate of drug-likeness (QED) is 0.353. The van der Waals surface area contributed by atoms with Crippen LogP contribution in [0.15, 0.2) is 24.6 Å². The van der Waals surface area contributed by atoms with Gasteiger partial charge in [-0.3, -0.25) is 0 Å². The zero-order valence-electron chi connectivity index (χ0n) is 5.43. The van der Waals surface area contributed by atoms with E-state index in [0.29, 0.717) is 12.4 Å². The van der Waals surface area contributed by atoms with Crippen molar-refractivity contribution in [3.63, 3.8) is 0 Å². The first-order valence-electron chi connectivity index (χ1n) is 2.80. The van der Waals surface area contributed by atoms with E-state index < -0.39 is 0 Å². The number of hydrogen-bond donors (Lipinski definition) is 3. The first kappa shape index (κ1) is 8.04. The van der Waals surface area contributed by atoms with Gasteiger partial charge in [0, 0.05) is 13.1 Å². The molecular weight excluding hydrogens is 114 g/mol. The van der Waals surface area contributed by atoms with E-state index in [2.05, 4.69) is 11.9 Å². The topological polar surface area (TPSA) is 64.1 Å². The van der Waals surface area contributed by atoms with Crippen molar-refractivity contribution < 1.29 is 0 Å². The third-order valence-corrected chi connectivity index (χ3v) is 0.771. The molecule has 0 aromatic heterocycles. The normalized spacial score (nSPS) is 8.44. The molecular formula is C6H13N3. The molecule has 0 amide bonds. The van der Waals surface area contributed by atoms with E-state index in [9.17, 15) is 0 Å². The molecule has 5 N–H and O–H groups in total. The van der Waals surface area contributed by atoms with Crippen LogP contribution in [-0.4, -0.2) is 13.1 Å². The van der Waals surface area contributed by atoms with Crippen molar-refractivity contribution in [1.29, 1.82) is 0 Å². The Morgan fingerprint density at radius 1 is 1.44 bits per heavy atom. The molecule has 9 heavy (non-hydrogen) atoms. The van der Waals surface area contributed by atoms with Gasteiger partial charge in [0.15, 0.2) is 0 Å². The number of nitrogens with one attached hydrogen (secondary N) is 1. The minimum Gasteiger partial charge on any atom is -0.386 e. The highest BCUT2D eigenvalue weighted by atomic mass is 14.9. The van der Waals surface area contributed by atoms with E-state index in [1.165, 1.54) is 0 Å². The van der Waals surface area contributed by atoms with Crippen molar-refractivity contribution in [3.8, 4) is 0 Å². The van der Waals surface area contributed by atoms with E-state index in [1.807, 2.05) is 0 Å². The smallest absolute Gasteiger partial charge is 0.0905 e. The van der Waals surface area contributed by atoms with Gasteiger partial charge >= 0.3 is 0 Å². The fourth-order valence-electron chi connectivity index (χ4n) is 0.375. The third-order valence-electron chi connectivity index (χ3n) is 0.771. The van der Waals surface area contributed by atoms with Gasteiger partial charge in [-0.25, -0.2) is 0 Å². The molecule has 0 saturated heterocycles. The summed E-state index contributed by atoms with van der Waals surface area (Å²) in [4.78, 5) is 0. The van der Waals surface area contributed by atoms with Crippen LogP contribution >= 0.6 is 0 Å². The molecule has 0 aliphatic heterocycles. The van der Waals surface area contributed by atoms with Gasteiger partial charge < -0.3 is 16.8 Å². The summed E-state index contributed by atoms with van der Waals surface area (Å²) < 4.78 is 0. The Morgan fingerprint density at radius 3 is 2.56 bits per heavy atom. The van der Waals surface area contributed by atoms with Gasteiger partial charge in [0.25, 0.3) is 0 Å². The maximum Gasteiger partial charge on any atom is 0.0905 e. The molecule has 0 fully saturated rings. The van der Waals surface area contributed by atoms with Crippen LogP contribution in [0.25, 0.3) is 0 Å². The SMILES string of the molecule is C=CCNCC=C(N)N. The summed E-state index contributed by atoms with van der Waals surface area (Å²) in [5, 5.41) is 3.01. The molecule has 0 atom stereocenters. The third kappa shape index (κ3) is 7.04. The second kappa shape index (κ2) is 5.18. The van der Waals surface area contributed by atoms with E-state index in [-0.39, 0.29) is 0 Å². The molecule has 3 heteroatoms. The number of rotatable bonds is 4. The summed E-state index contributed by atoms with van der Waals surface area (Å²) in [5.74, 6) is 0.353. The molecule has 0 aliphatic rings. The summed E-state index contributed by atoms with van der Waals surface area (Å²) in [5.41, 5.74) is 10.3. The lowest BCUT2D eigenvalue weighted by Crippen LogP contribution is -2.16. The van der Waals surface area contributed by atoms with Gasteiger partial charge in [-0.1, -0.05) is 6.08 Å². The largest absolute Gasteiger partial charge is 0.386 e. The Labute approximate surface area is 55.4 Å². The van der Waals surface area contributed by atoms with Crippen molar-refractivity contribution in [1.82, 2.24) is 5.32 Å². The summed E-state index contributed by atoms with van der Waals surface area (Å²) in [6.45, 7) is 5.02. The Hall–Kier alpha value is -0.960. The molecule has 0 rings (SSSR count). The highest BCUT2D eigenvalue weighted by Crippen LogP contribution is 1.67. The van der Waals surface area contributed by atoms with Gasteiger partial charge in [0.1, 0.15) is 0 Å². The highest BCUT2D eigenvalue weighted by Gasteiger charge is 1.77. The summed E-state index contributed by atoms with van der Waals surface area (Å²) >= 11 is 0. The zero-order chi connectivity index (χ0) is 7.11. The molecule has 52 valence electrons. The molecule has 3 nitrogen and oxygen atoms in total. The van der Waals surface area contributed by atoms with Crippen LogP contribution in [0.3, 0.4) is 0 Å². The predicted molar refractivity (Wildman–Crippen MR) is 39.5 cm³/mol. The highest BCUT2D eigenvalue weighted by molar-refractivity contribution is 4.91. The van der Waals surface area contributed by atoms with Gasteiger partial charge in [-0.05, 0) is 6.08 Å². The first-order chi connectivity index (χ1) is 4.27. The minimum atomic E-state index is 0.353. The lowest BCUT2D eigenvalue weighted by Gasteiger charge is -1.94. The molecule has 0 unspecified atom stereocenters. The second-order valence-corrected chi connectivity index (χ2v) is 1.65. The number of nitrogens with two attached hydrogens (primary N) is 2. The van der Waals surface area contributed by atoms with E-state index >= 15 is 0 Å². The fraction of sp³-hybridized carbons (Fsp3) is 0.333. The van der Waals surface area contributed by atoms with Crippen LogP contribution in [0.4, 0.5) is 0 Å². The average Bonchev–Trinajstić information content (AvgIpc) is 1.80. The summed E-state index contributed by atoms with van der Waals surface area (Å²) in [6, 6.07) is 0. The molecule has 0 aliphatic carbocycles. The van der Waals surface area contributed by atoms with Crippen LogP contribution < -0.4 is 16.8 Å².